The van der Waals surface area contributed by atoms with Gasteiger partial charge >= 0.3 is 0 Å². The maximum atomic E-state index is 5.80. The summed E-state index contributed by atoms with van der Waals surface area (Å²) in [6.45, 7) is 3.84. The highest BCUT2D eigenvalue weighted by atomic mass is 35.5. The largest absolute Gasteiger partial charge is 0.356 e. The fourth-order valence-electron chi connectivity index (χ4n) is 1.29. The molecular weight excluding hydrogens is 206 g/mol. The average molecular weight is 217 g/mol. The normalized spacial score (nSPS) is 10.0. The number of nitrogens with one attached hydrogen (secondary N) is 1. The van der Waals surface area contributed by atoms with Gasteiger partial charge in [-0.2, -0.15) is 0 Å². The highest BCUT2D eigenvalue weighted by Crippen LogP contribution is 2.18. The molecule has 0 aliphatic heterocycles. The maximum Gasteiger partial charge on any atom is 0.0407 e. The summed E-state index contributed by atoms with van der Waals surface area (Å²) >= 11 is 5.80. The van der Waals surface area contributed by atoms with Crippen molar-refractivity contribution in [2.75, 3.05) is 5.32 Å². The molecule has 0 unspecified atom stereocenters. The van der Waals surface area contributed by atoms with Gasteiger partial charge in [0.1, 0.15) is 0 Å². The smallest absolute Gasteiger partial charge is 0.0407 e. The van der Waals surface area contributed by atoms with Crippen molar-refractivity contribution in [3.05, 3.63) is 66.0 Å². The number of rotatable bonds is 2. The lowest BCUT2D eigenvalue weighted by Crippen LogP contribution is -1.89. The third-order valence-electron chi connectivity index (χ3n) is 2.09. The number of benzene rings is 2. The Balaban J connectivity index is 2.15. The molecule has 2 rings (SSSR count). The molecule has 0 spiro atoms. The number of hydrogen-bond donors (Lipinski definition) is 1. The van der Waals surface area contributed by atoms with Crippen LogP contribution in [-0.4, -0.2) is 0 Å². The molecule has 1 radical (unpaired) electrons. The van der Waals surface area contributed by atoms with Gasteiger partial charge in [-0.05, 0) is 48.9 Å². The van der Waals surface area contributed by atoms with Crippen molar-refractivity contribution >= 4 is 23.0 Å². The Labute approximate surface area is 94.7 Å². The highest BCUT2D eigenvalue weighted by molar-refractivity contribution is 6.30. The first-order chi connectivity index (χ1) is 7.24. The van der Waals surface area contributed by atoms with Crippen LogP contribution in [0.25, 0.3) is 0 Å². The maximum absolute atomic E-state index is 5.80. The predicted molar refractivity (Wildman–Crippen MR) is 65.6 cm³/mol. The number of halogens is 1. The third kappa shape index (κ3) is 2.74. The van der Waals surface area contributed by atoms with Gasteiger partial charge in [0.15, 0.2) is 0 Å². The van der Waals surface area contributed by atoms with Crippen molar-refractivity contribution in [3.63, 3.8) is 0 Å². The molecular formula is C13H11ClN. The molecule has 0 aliphatic rings. The van der Waals surface area contributed by atoms with Crippen LogP contribution >= 0.6 is 11.6 Å². The van der Waals surface area contributed by atoms with E-state index in [1.54, 1.807) is 0 Å². The summed E-state index contributed by atoms with van der Waals surface area (Å²) in [4.78, 5) is 0. The Hall–Kier alpha value is -1.47. The van der Waals surface area contributed by atoms with Crippen LogP contribution in [0.1, 0.15) is 5.56 Å². The van der Waals surface area contributed by atoms with E-state index in [4.69, 9.17) is 11.6 Å². The molecule has 0 bridgehead atoms. The van der Waals surface area contributed by atoms with E-state index in [2.05, 4.69) is 12.2 Å². The second-order valence-electron chi connectivity index (χ2n) is 3.33. The fourth-order valence-corrected chi connectivity index (χ4v) is 1.41. The molecule has 75 valence electrons. The van der Waals surface area contributed by atoms with E-state index in [-0.39, 0.29) is 0 Å². The zero-order valence-corrected chi connectivity index (χ0v) is 8.96. The summed E-state index contributed by atoms with van der Waals surface area (Å²) in [7, 11) is 0. The molecule has 0 saturated carbocycles. The monoisotopic (exact) mass is 216 g/mol. The lowest BCUT2D eigenvalue weighted by atomic mass is 10.2. The summed E-state index contributed by atoms with van der Waals surface area (Å²) in [5.74, 6) is 0. The molecule has 0 aromatic heterocycles. The van der Waals surface area contributed by atoms with Crippen LogP contribution in [0.4, 0.5) is 11.4 Å². The van der Waals surface area contributed by atoms with Crippen LogP contribution < -0.4 is 5.32 Å². The molecule has 2 aromatic carbocycles. The molecule has 0 amide bonds. The number of anilines is 2. The van der Waals surface area contributed by atoms with Crippen LogP contribution in [0.15, 0.2) is 48.5 Å². The Kier molecular flexibility index (Phi) is 2.93. The van der Waals surface area contributed by atoms with Gasteiger partial charge in [-0.3, -0.25) is 0 Å². The summed E-state index contributed by atoms with van der Waals surface area (Å²) < 4.78 is 0. The molecule has 15 heavy (non-hydrogen) atoms. The minimum atomic E-state index is 0.744. The van der Waals surface area contributed by atoms with E-state index in [1.807, 2.05) is 48.5 Å². The van der Waals surface area contributed by atoms with Gasteiger partial charge in [-0.25, -0.2) is 0 Å². The molecule has 1 nitrogen and oxygen atoms in total. The Morgan fingerprint density at radius 1 is 0.800 bits per heavy atom. The first-order valence-electron chi connectivity index (χ1n) is 4.69. The van der Waals surface area contributed by atoms with Gasteiger partial charge < -0.3 is 5.32 Å². The van der Waals surface area contributed by atoms with Crippen LogP contribution in [-0.2, 0) is 0 Å². The molecule has 2 heteroatoms. The second-order valence-corrected chi connectivity index (χ2v) is 3.77. The fraction of sp³-hybridized carbons (Fsp3) is 0. The van der Waals surface area contributed by atoms with Gasteiger partial charge in [0.05, 0.1) is 0 Å². The van der Waals surface area contributed by atoms with Crippen LogP contribution in [0, 0.1) is 6.92 Å². The molecule has 0 atom stereocenters. The standard InChI is InChI=1S/C13H11ClN/c1-10-2-6-12(7-3-10)15-13-8-4-11(14)5-9-13/h2-9,15H,1H2. The predicted octanol–water partition coefficient (Wildman–Crippen LogP) is 4.27. The minimum Gasteiger partial charge on any atom is -0.356 e. The zero-order chi connectivity index (χ0) is 10.7. The van der Waals surface area contributed by atoms with E-state index in [0.717, 1.165) is 22.0 Å². The summed E-state index contributed by atoms with van der Waals surface area (Å²) in [6.07, 6.45) is 0. The van der Waals surface area contributed by atoms with Gasteiger partial charge in [0, 0.05) is 16.4 Å². The molecule has 0 saturated heterocycles. The van der Waals surface area contributed by atoms with Crippen LogP contribution in [0.2, 0.25) is 5.02 Å². The Morgan fingerprint density at radius 3 is 1.80 bits per heavy atom. The molecule has 0 heterocycles. The van der Waals surface area contributed by atoms with E-state index >= 15 is 0 Å². The van der Waals surface area contributed by atoms with Crippen molar-refractivity contribution in [2.24, 2.45) is 0 Å². The average Bonchev–Trinajstić information content (AvgIpc) is 2.25. The minimum absolute atomic E-state index is 0.744. The first kappa shape index (κ1) is 10.1. The van der Waals surface area contributed by atoms with E-state index < -0.39 is 0 Å². The lowest BCUT2D eigenvalue weighted by Gasteiger charge is -2.06. The summed E-state index contributed by atoms with van der Waals surface area (Å²) in [5.41, 5.74) is 3.08. The molecule has 2 aromatic rings. The van der Waals surface area contributed by atoms with E-state index in [9.17, 15) is 0 Å². The molecule has 0 aliphatic carbocycles. The highest BCUT2D eigenvalue weighted by Gasteiger charge is 1.94. The third-order valence-corrected chi connectivity index (χ3v) is 2.34. The van der Waals surface area contributed by atoms with E-state index in [0.29, 0.717) is 0 Å². The van der Waals surface area contributed by atoms with Crippen LogP contribution in [0.5, 0.6) is 0 Å². The summed E-state index contributed by atoms with van der Waals surface area (Å²) in [5, 5.41) is 4.02. The van der Waals surface area contributed by atoms with Crippen molar-refractivity contribution < 1.29 is 0 Å². The lowest BCUT2D eigenvalue weighted by molar-refractivity contribution is 1.53. The van der Waals surface area contributed by atoms with Gasteiger partial charge in [0.2, 0.25) is 0 Å². The zero-order valence-electron chi connectivity index (χ0n) is 8.20. The number of hydrogen-bond acceptors (Lipinski definition) is 1. The molecule has 0 fully saturated rings. The second kappa shape index (κ2) is 4.37. The first-order valence-corrected chi connectivity index (χ1v) is 5.06. The van der Waals surface area contributed by atoms with Crippen molar-refractivity contribution in [1.29, 1.82) is 0 Å². The Morgan fingerprint density at radius 2 is 1.27 bits per heavy atom. The van der Waals surface area contributed by atoms with Crippen LogP contribution in [0.3, 0.4) is 0 Å². The molecule has 1 N–H and O–H groups in total. The van der Waals surface area contributed by atoms with Crippen molar-refractivity contribution in [2.45, 2.75) is 0 Å². The van der Waals surface area contributed by atoms with Gasteiger partial charge in [0.25, 0.3) is 0 Å². The van der Waals surface area contributed by atoms with Gasteiger partial charge in [-0.15, -0.1) is 0 Å². The quantitative estimate of drug-likeness (QED) is 0.791. The van der Waals surface area contributed by atoms with Crippen molar-refractivity contribution in [3.8, 4) is 0 Å². The topological polar surface area (TPSA) is 12.0 Å². The van der Waals surface area contributed by atoms with E-state index in [1.165, 1.54) is 0 Å². The SMILES string of the molecule is [CH2]c1ccc(Nc2ccc(Cl)cc2)cc1. The Bertz CT molecular complexity index is 388. The van der Waals surface area contributed by atoms with Gasteiger partial charge in [-0.1, -0.05) is 23.7 Å². The van der Waals surface area contributed by atoms with Crippen molar-refractivity contribution in [1.82, 2.24) is 0 Å². The summed E-state index contributed by atoms with van der Waals surface area (Å²) in [6, 6.07) is 15.5.